The number of rotatable bonds is 5. The van der Waals surface area contributed by atoms with E-state index in [0.29, 0.717) is 0 Å². The molecule has 5 rings (SSSR count). The van der Waals surface area contributed by atoms with Gasteiger partial charge in [-0.15, -0.1) is 0 Å². The normalized spacial score (nSPS) is 14.2. The van der Waals surface area contributed by atoms with Gasteiger partial charge < -0.3 is 4.98 Å². The zero-order chi connectivity index (χ0) is 27.1. The van der Waals surface area contributed by atoms with Gasteiger partial charge in [0.2, 0.25) is 6.71 Å². The maximum atomic E-state index is 4.88. The van der Waals surface area contributed by atoms with E-state index in [0.717, 1.165) is 28.4 Å². The van der Waals surface area contributed by atoms with Crippen molar-refractivity contribution in [2.45, 2.75) is 55.4 Å². The van der Waals surface area contributed by atoms with Gasteiger partial charge in [-0.2, -0.15) is 0 Å². The minimum absolute atomic E-state index is 0.136. The Kier molecular flexibility index (Phi) is 6.88. The topological polar surface area (TPSA) is 28.1 Å². The smallest absolute Gasteiger partial charge is 0.242 e. The lowest BCUT2D eigenvalue weighted by Gasteiger charge is -2.25. The van der Waals surface area contributed by atoms with E-state index in [2.05, 4.69) is 133 Å². The molecule has 0 aliphatic carbocycles. The summed E-state index contributed by atoms with van der Waals surface area (Å²) in [6.07, 6.45) is 4.23. The second-order valence-electron chi connectivity index (χ2n) is 11.1. The molecule has 0 fully saturated rings. The van der Waals surface area contributed by atoms with Crippen LogP contribution < -0.4 is 16.4 Å². The molecule has 0 saturated carbocycles. The van der Waals surface area contributed by atoms with Crippen molar-refractivity contribution in [2.75, 3.05) is 0 Å². The fourth-order valence-electron chi connectivity index (χ4n) is 6.34. The van der Waals surface area contributed by atoms with Crippen molar-refractivity contribution in [3.05, 3.63) is 129 Å². The molecule has 0 saturated heterocycles. The molecule has 190 valence electrons. The molecule has 0 amide bonds. The van der Waals surface area contributed by atoms with Gasteiger partial charge in [0.25, 0.3) is 0 Å². The Labute approximate surface area is 228 Å². The number of benzene rings is 3. The molecule has 0 radical (unpaired) electrons. The first kappa shape index (κ1) is 25.8. The molecule has 1 aliphatic heterocycles. The van der Waals surface area contributed by atoms with Gasteiger partial charge in [-0.1, -0.05) is 98.3 Å². The van der Waals surface area contributed by atoms with E-state index < -0.39 is 0 Å². The quantitative estimate of drug-likeness (QED) is 0.307. The number of hydrogen-bond acceptors (Lipinski definition) is 1. The Morgan fingerprint density at radius 1 is 0.658 bits per heavy atom. The van der Waals surface area contributed by atoms with Crippen LogP contribution in [0, 0.1) is 48.5 Å². The van der Waals surface area contributed by atoms with Crippen LogP contribution >= 0.6 is 0 Å². The van der Waals surface area contributed by atoms with Gasteiger partial charge in [-0.3, -0.25) is 4.99 Å². The number of nitrogens with zero attached hydrogens (tertiary/aromatic N) is 1. The lowest BCUT2D eigenvalue weighted by molar-refractivity contribution is 1.23. The Morgan fingerprint density at radius 2 is 1.24 bits per heavy atom. The molecule has 3 aromatic carbocycles. The summed E-state index contributed by atoms with van der Waals surface area (Å²) in [7, 11) is 0. The van der Waals surface area contributed by atoms with Crippen LogP contribution in [-0.4, -0.2) is 17.4 Å². The summed E-state index contributed by atoms with van der Waals surface area (Å²) < 4.78 is 0. The number of aliphatic imine (C=N–C) groups is 1. The molecule has 38 heavy (non-hydrogen) atoms. The summed E-state index contributed by atoms with van der Waals surface area (Å²) in [5.74, 6) is 0. The lowest BCUT2D eigenvalue weighted by Crippen LogP contribution is -2.55. The molecular formula is C35H37BN2. The standard InChI is InChI=1S/C35H37BN2/c1-21-16-23(3)34(24(4)17-21)36(35-25(5)18-22(2)19-26(35)6)30-11-9-10-29(20-30)33(31-14-12-27(7)37-31)32-15-13-28(8)38-32/h9-20,37H,1-8H3/b33-32+. The zero-order valence-electron chi connectivity index (χ0n) is 24.0. The summed E-state index contributed by atoms with van der Waals surface area (Å²) >= 11 is 0. The van der Waals surface area contributed by atoms with Crippen LogP contribution in [-0.2, 0) is 0 Å². The third-order valence-electron chi connectivity index (χ3n) is 7.70. The van der Waals surface area contributed by atoms with Crippen LogP contribution in [0.15, 0.2) is 83.5 Å². The average molecular weight is 497 g/mol. The zero-order valence-corrected chi connectivity index (χ0v) is 24.0. The van der Waals surface area contributed by atoms with Crippen molar-refractivity contribution in [1.82, 2.24) is 4.98 Å². The van der Waals surface area contributed by atoms with Crippen molar-refractivity contribution < 1.29 is 0 Å². The van der Waals surface area contributed by atoms with Crippen molar-refractivity contribution in [3.8, 4) is 0 Å². The summed E-state index contributed by atoms with van der Waals surface area (Å²) in [4.78, 5) is 8.45. The van der Waals surface area contributed by atoms with Gasteiger partial charge in [0.1, 0.15) is 0 Å². The van der Waals surface area contributed by atoms with Crippen LogP contribution in [0.25, 0.3) is 5.57 Å². The minimum Gasteiger partial charge on any atom is -0.359 e. The lowest BCUT2D eigenvalue weighted by atomic mass is 9.34. The molecule has 0 spiro atoms. The molecule has 1 aliphatic rings. The van der Waals surface area contributed by atoms with Crippen molar-refractivity contribution in [3.63, 3.8) is 0 Å². The molecule has 0 atom stereocenters. The third kappa shape index (κ3) is 4.86. The largest absolute Gasteiger partial charge is 0.359 e. The number of aromatic nitrogens is 1. The molecule has 4 aromatic rings. The number of H-pyrrole nitrogens is 1. The number of allylic oxidation sites excluding steroid dienone is 2. The Morgan fingerprint density at radius 3 is 1.71 bits per heavy atom. The van der Waals surface area contributed by atoms with E-state index in [-0.39, 0.29) is 6.71 Å². The second-order valence-corrected chi connectivity index (χ2v) is 11.1. The summed E-state index contributed by atoms with van der Waals surface area (Å²) in [5, 5.41) is 0. The summed E-state index contributed by atoms with van der Waals surface area (Å²) in [6, 6.07) is 22.7. The average Bonchev–Trinajstić information content (AvgIpc) is 3.45. The van der Waals surface area contributed by atoms with Crippen LogP contribution in [0.2, 0.25) is 0 Å². The highest BCUT2D eigenvalue weighted by Gasteiger charge is 2.29. The van der Waals surface area contributed by atoms with Gasteiger partial charge in [0, 0.05) is 22.7 Å². The molecular weight excluding hydrogens is 459 g/mol. The maximum Gasteiger partial charge on any atom is 0.242 e. The van der Waals surface area contributed by atoms with Gasteiger partial charge in [-0.25, -0.2) is 0 Å². The van der Waals surface area contributed by atoms with Crippen LogP contribution in [0.4, 0.5) is 0 Å². The van der Waals surface area contributed by atoms with Crippen LogP contribution in [0.1, 0.15) is 57.3 Å². The Hall–Kier alpha value is -3.85. The van der Waals surface area contributed by atoms with Gasteiger partial charge in [0.05, 0.1) is 5.70 Å². The first-order valence-electron chi connectivity index (χ1n) is 13.5. The highest BCUT2D eigenvalue weighted by Crippen LogP contribution is 2.29. The first-order chi connectivity index (χ1) is 18.1. The molecule has 1 aromatic heterocycles. The maximum absolute atomic E-state index is 4.88. The van der Waals surface area contributed by atoms with E-state index >= 15 is 0 Å². The molecule has 0 bridgehead atoms. The molecule has 2 heterocycles. The van der Waals surface area contributed by atoms with Gasteiger partial charge in [0.15, 0.2) is 0 Å². The first-order valence-corrected chi connectivity index (χ1v) is 13.5. The Bertz CT molecular complexity index is 1540. The number of nitrogens with one attached hydrogen (secondary N) is 1. The van der Waals surface area contributed by atoms with Crippen molar-refractivity contribution >= 4 is 34.4 Å². The van der Waals surface area contributed by atoms with Crippen LogP contribution in [0.5, 0.6) is 0 Å². The van der Waals surface area contributed by atoms with E-state index in [1.165, 1.54) is 55.3 Å². The predicted molar refractivity (Wildman–Crippen MR) is 166 cm³/mol. The molecule has 1 N–H and O–H groups in total. The van der Waals surface area contributed by atoms with E-state index in [4.69, 9.17) is 4.99 Å². The summed E-state index contributed by atoms with van der Waals surface area (Å²) in [5.41, 5.74) is 18.7. The summed E-state index contributed by atoms with van der Waals surface area (Å²) in [6.45, 7) is 17.7. The van der Waals surface area contributed by atoms with Gasteiger partial charge in [-0.05, 0) is 85.2 Å². The van der Waals surface area contributed by atoms with Crippen molar-refractivity contribution in [2.24, 2.45) is 4.99 Å². The van der Waals surface area contributed by atoms with E-state index in [9.17, 15) is 0 Å². The molecule has 0 unspecified atom stereocenters. The highest BCUT2D eigenvalue weighted by atomic mass is 14.8. The Balaban J connectivity index is 1.78. The number of hydrogen-bond donors (Lipinski definition) is 1. The second kappa shape index (κ2) is 10.1. The van der Waals surface area contributed by atoms with E-state index in [1.807, 2.05) is 0 Å². The number of aryl methyl sites for hydroxylation is 7. The predicted octanol–water partition coefficient (Wildman–Crippen LogP) is 6.48. The highest BCUT2D eigenvalue weighted by molar-refractivity contribution is 6.96. The minimum atomic E-state index is 0.136. The SMILES string of the molecule is CC1=N/C(=C(\c2cccc(B(c3c(C)cc(C)cc3C)c3c(C)cc(C)cc3C)c2)c2ccc(C)[nH]2)C=C1. The monoisotopic (exact) mass is 496 g/mol. The fourth-order valence-corrected chi connectivity index (χ4v) is 6.34. The molecule has 3 heteroatoms. The van der Waals surface area contributed by atoms with E-state index in [1.54, 1.807) is 0 Å². The fraction of sp³-hybridized carbons (Fsp3) is 0.229. The molecule has 2 nitrogen and oxygen atoms in total. The van der Waals surface area contributed by atoms with Crippen LogP contribution in [0.3, 0.4) is 0 Å². The van der Waals surface area contributed by atoms with Crippen molar-refractivity contribution in [1.29, 1.82) is 0 Å². The third-order valence-corrected chi connectivity index (χ3v) is 7.70. The van der Waals surface area contributed by atoms with Gasteiger partial charge >= 0.3 is 0 Å². The number of aromatic amines is 1.